The van der Waals surface area contributed by atoms with Gasteiger partial charge in [0.05, 0.1) is 5.02 Å². The maximum atomic E-state index is 6.30. The van der Waals surface area contributed by atoms with Gasteiger partial charge in [-0.15, -0.1) is 0 Å². The van der Waals surface area contributed by atoms with Crippen LogP contribution in [0.4, 0.5) is 0 Å². The van der Waals surface area contributed by atoms with E-state index in [9.17, 15) is 0 Å². The maximum Gasteiger partial charge on any atom is 0.153 e. The van der Waals surface area contributed by atoms with Gasteiger partial charge in [0, 0.05) is 16.2 Å². The third-order valence-electron chi connectivity index (χ3n) is 5.15. The molecule has 0 radical (unpaired) electrons. The summed E-state index contributed by atoms with van der Waals surface area (Å²) < 4.78 is 6.07. The van der Waals surface area contributed by atoms with E-state index in [2.05, 4.69) is 56.3 Å². The zero-order valence-electron chi connectivity index (χ0n) is 13.0. The second-order valence-corrected chi connectivity index (χ2v) is 7.19. The van der Waals surface area contributed by atoms with Crippen molar-refractivity contribution in [1.29, 1.82) is 0 Å². The Morgan fingerprint density at radius 3 is 2.52 bits per heavy atom. The fourth-order valence-corrected chi connectivity index (χ4v) is 4.17. The van der Waals surface area contributed by atoms with Crippen molar-refractivity contribution >= 4 is 33.5 Å². The van der Waals surface area contributed by atoms with Crippen LogP contribution in [0.3, 0.4) is 0 Å². The molecule has 4 aromatic rings. The minimum atomic E-state index is -0.0110. The molecule has 0 saturated heterocycles. The smallest absolute Gasteiger partial charge is 0.153 e. The van der Waals surface area contributed by atoms with E-state index in [0.717, 1.165) is 21.9 Å². The van der Waals surface area contributed by atoms with Crippen LogP contribution in [0.5, 0.6) is 0 Å². The number of hydrogen-bond donors (Lipinski definition) is 0. The zero-order valence-corrected chi connectivity index (χ0v) is 13.7. The van der Waals surface area contributed by atoms with Crippen LogP contribution < -0.4 is 0 Å². The number of rotatable bonds is 0. The van der Waals surface area contributed by atoms with Crippen molar-refractivity contribution in [3.05, 3.63) is 70.7 Å². The van der Waals surface area contributed by atoms with Gasteiger partial charge in [0.25, 0.3) is 0 Å². The van der Waals surface area contributed by atoms with Crippen LogP contribution in [0.15, 0.2) is 59.0 Å². The van der Waals surface area contributed by atoms with E-state index in [-0.39, 0.29) is 5.41 Å². The molecule has 2 heteroatoms. The van der Waals surface area contributed by atoms with Gasteiger partial charge in [0.1, 0.15) is 5.58 Å². The van der Waals surface area contributed by atoms with Crippen LogP contribution in [0.1, 0.15) is 25.0 Å². The van der Waals surface area contributed by atoms with Gasteiger partial charge in [-0.1, -0.05) is 61.8 Å². The lowest BCUT2D eigenvalue weighted by atomic mass is 9.82. The molecule has 3 aromatic carbocycles. The monoisotopic (exact) mass is 318 g/mol. The highest BCUT2D eigenvalue weighted by molar-refractivity contribution is 6.35. The lowest BCUT2D eigenvalue weighted by Crippen LogP contribution is -2.14. The number of fused-ring (bicyclic) bond motifs is 6. The zero-order chi connectivity index (χ0) is 15.8. The Bertz CT molecular complexity index is 1100. The minimum Gasteiger partial charge on any atom is -0.454 e. The fourth-order valence-electron chi connectivity index (χ4n) is 3.96. The minimum absolute atomic E-state index is 0.0110. The summed E-state index contributed by atoms with van der Waals surface area (Å²) in [5, 5.41) is 2.88. The van der Waals surface area contributed by atoms with Gasteiger partial charge in [-0.2, -0.15) is 0 Å². The molecule has 0 aliphatic heterocycles. The summed E-state index contributed by atoms with van der Waals surface area (Å²) in [5.74, 6) is 0. The van der Waals surface area contributed by atoms with E-state index in [1.807, 2.05) is 12.1 Å². The summed E-state index contributed by atoms with van der Waals surface area (Å²) in [5.41, 5.74) is 7.01. The first-order chi connectivity index (χ1) is 11.1. The second kappa shape index (κ2) is 4.18. The normalized spacial score (nSPS) is 15.1. The molecule has 1 aromatic heterocycles. The van der Waals surface area contributed by atoms with Gasteiger partial charge in [0.15, 0.2) is 5.58 Å². The van der Waals surface area contributed by atoms with Crippen molar-refractivity contribution in [2.45, 2.75) is 19.3 Å². The molecular weight excluding hydrogens is 304 g/mol. The van der Waals surface area contributed by atoms with Crippen molar-refractivity contribution in [2.24, 2.45) is 0 Å². The summed E-state index contributed by atoms with van der Waals surface area (Å²) in [7, 11) is 0. The Balaban J connectivity index is 1.95. The molecule has 0 N–H and O–H groups in total. The van der Waals surface area contributed by atoms with Crippen LogP contribution >= 0.6 is 11.6 Å². The van der Waals surface area contributed by atoms with Gasteiger partial charge in [-0.3, -0.25) is 0 Å². The van der Waals surface area contributed by atoms with Crippen molar-refractivity contribution in [3.63, 3.8) is 0 Å². The third kappa shape index (κ3) is 1.58. The largest absolute Gasteiger partial charge is 0.454 e. The van der Waals surface area contributed by atoms with Crippen molar-refractivity contribution < 1.29 is 4.42 Å². The van der Waals surface area contributed by atoms with E-state index >= 15 is 0 Å². The number of halogens is 1. The van der Waals surface area contributed by atoms with Gasteiger partial charge < -0.3 is 4.42 Å². The van der Waals surface area contributed by atoms with Crippen molar-refractivity contribution in [3.8, 4) is 11.1 Å². The molecule has 1 heterocycles. The summed E-state index contributed by atoms with van der Waals surface area (Å²) in [6.07, 6.45) is 0. The molecule has 23 heavy (non-hydrogen) atoms. The van der Waals surface area contributed by atoms with Crippen LogP contribution in [-0.2, 0) is 5.41 Å². The van der Waals surface area contributed by atoms with E-state index in [4.69, 9.17) is 16.0 Å². The summed E-state index contributed by atoms with van der Waals surface area (Å²) in [4.78, 5) is 0. The van der Waals surface area contributed by atoms with Crippen molar-refractivity contribution in [1.82, 2.24) is 0 Å². The first kappa shape index (κ1) is 13.2. The average molecular weight is 319 g/mol. The molecule has 112 valence electrons. The predicted octanol–water partition coefficient (Wildman–Crippen LogP) is 6.55. The fraction of sp³-hybridized carbons (Fsp3) is 0.143. The molecule has 1 nitrogen and oxygen atoms in total. The Kier molecular flexibility index (Phi) is 2.40. The van der Waals surface area contributed by atoms with Gasteiger partial charge in [-0.25, -0.2) is 0 Å². The van der Waals surface area contributed by atoms with Crippen LogP contribution in [0, 0.1) is 0 Å². The van der Waals surface area contributed by atoms with E-state index in [0.29, 0.717) is 5.02 Å². The van der Waals surface area contributed by atoms with Gasteiger partial charge in [0.2, 0.25) is 0 Å². The first-order valence-electron chi connectivity index (χ1n) is 7.82. The third-order valence-corrected chi connectivity index (χ3v) is 5.45. The molecule has 1 aliphatic carbocycles. The van der Waals surface area contributed by atoms with Crippen molar-refractivity contribution in [2.75, 3.05) is 0 Å². The van der Waals surface area contributed by atoms with E-state index < -0.39 is 0 Å². The quantitative estimate of drug-likeness (QED) is 0.358. The first-order valence-corrected chi connectivity index (χ1v) is 8.20. The molecule has 0 amide bonds. The maximum absolute atomic E-state index is 6.30. The molecule has 0 saturated carbocycles. The summed E-state index contributed by atoms with van der Waals surface area (Å²) >= 11 is 6.30. The van der Waals surface area contributed by atoms with Crippen LogP contribution in [0.2, 0.25) is 5.02 Å². The molecule has 0 bridgehead atoms. The molecule has 0 fully saturated rings. The Hall–Kier alpha value is -2.25. The lowest BCUT2D eigenvalue weighted by molar-refractivity contribution is 0.647. The number of hydrogen-bond acceptors (Lipinski definition) is 1. The van der Waals surface area contributed by atoms with Gasteiger partial charge in [-0.05, 0) is 40.5 Å². The predicted molar refractivity (Wildman–Crippen MR) is 96.3 cm³/mol. The highest BCUT2D eigenvalue weighted by Gasteiger charge is 2.35. The summed E-state index contributed by atoms with van der Waals surface area (Å²) in [6, 6.07) is 19.1. The average Bonchev–Trinajstić information content (AvgIpc) is 3.02. The van der Waals surface area contributed by atoms with Crippen LogP contribution in [0.25, 0.3) is 33.1 Å². The molecule has 5 rings (SSSR count). The topological polar surface area (TPSA) is 13.1 Å². The molecule has 0 unspecified atom stereocenters. The molecule has 1 aliphatic rings. The van der Waals surface area contributed by atoms with Crippen LogP contribution in [-0.4, -0.2) is 0 Å². The molecular formula is C21H15ClO. The number of furan rings is 1. The Morgan fingerprint density at radius 1 is 0.826 bits per heavy atom. The standard InChI is InChI=1S/C21H15ClO/c1-21(2)16-8-4-3-6-12(16)14-10-15-13-7-5-9-18(22)20(13)23-19(15)11-17(14)21/h3-11H,1-2H3. The van der Waals surface area contributed by atoms with E-state index in [1.54, 1.807) is 0 Å². The summed E-state index contributed by atoms with van der Waals surface area (Å²) in [6.45, 7) is 4.55. The highest BCUT2D eigenvalue weighted by Crippen LogP contribution is 2.50. The Labute approximate surface area is 139 Å². The molecule has 0 spiro atoms. The van der Waals surface area contributed by atoms with E-state index in [1.165, 1.54) is 22.3 Å². The van der Waals surface area contributed by atoms with Gasteiger partial charge >= 0.3 is 0 Å². The number of para-hydroxylation sites is 1. The SMILES string of the molecule is CC1(C)c2ccccc2-c2cc3c(cc21)oc1c(Cl)cccc13. The molecule has 0 atom stereocenters. The second-order valence-electron chi connectivity index (χ2n) is 6.78. The highest BCUT2D eigenvalue weighted by atomic mass is 35.5. The Morgan fingerprint density at radius 2 is 1.65 bits per heavy atom. The lowest BCUT2D eigenvalue weighted by Gasteiger charge is -2.21. The number of benzene rings is 3.